The molecule has 0 aliphatic rings. The molecule has 1 aromatic carbocycles. The number of methoxy groups -OCH3 is 1. The second-order valence-electron chi connectivity index (χ2n) is 2.74. The Morgan fingerprint density at radius 2 is 2.00 bits per heavy atom. The Hall–Kier alpha value is -1.98. The molecule has 1 rings (SSSR count). The Morgan fingerprint density at radius 1 is 1.38 bits per heavy atom. The molecular formula is C10H9F2NO3. The van der Waals surface area contributed by atoms with Crippen LogP contribution in [0.4, 0.5) is 8.78 Å². The topological polar surface area (TPSA) is 59.4 Å². The number of carbonyl (C=O) groups is 1. The van der Waals surface area contributed by atoms with Gasteiger partial charge in [0.2, 0.25) is 0 Å². The fraction of sp³-hybridized carbons (Fsp3) is 0.200. The standard InChI is InChI=1S/C10H9F2NO3/c1-15-9(14)8(13)6-4-2-3-5-7(6)16-10(11)12/h2-5,10,13H,1H3. The Balaban J connectivity index is 3.03. The lowest BCUT2D eigenvalue weighted by Gasteiger charge is -2.09. The Bertz CT molecular complexity index is 407. The maximum Gasteiger partial charge on any atom is 0.387 e. The molecule has 0 aromatic heterocycles. The number of para-hydroxylation sites is 1. The Labute approximate surface area is 90.3 Å². The molecule has 0 radical (unpaired) electrons. The highest BCUT2D eigenvalue weighted by Gasteiger charge is 2.18. The van der Waals surface area contributed by atoms with Crippen molar-refractivity contribution in [2.24, 2.45) is 0 Å². The van der Waals surface area contributed by atoms with E-state index in [1.54, 1.807) is 0 Å². The number of ether oxygens (including phenoxy) is 2. The summed E-state index contributed by atoms with van der Waals surface area (Å²) in [5, 5.41) is 7.42. The molecule has 0 heterocycles. The van der Waals surface area contributed by atoms with Gasteiger partial charge in [-0.15, -0.1) is 0 Å². The highest BCUT2D eigenvalue weighted by molar-refractivity contribution is 6.42. The highest BCUT2D eigenvalue weighted by atomic mass is 19.3. The molecule has 86 valence electrons. The number of rotatable bonds is 4. The van der Waals surface area contributed by atoms with E-state index in [2.05, 4.69) is 9.47 Å². The van der Waals surface area contributed by atoms with E-state index in [1.807, 2.05) is 0 Å². The van der Waals surface area contributed by atoms with Crippen molar-refractivity contribution in [3.05, 3.63) is 29.8 Å². The van der Waals surface area contributed by atoms with Crippen LogP contribution in [0.2, 0.25) is 0 Å². The first-order chi connectivity index (χ1) is 7.56. The summed E-state index contributed by atoms with van der Waals surface area (Å²) in [6.07, 6.45) is 0. The van der Waals surface area contributed by atoms with Crippen molar-refractivity contribution in [1.82, 2.24) is 0 Å². The normalized spacial score (nSPS) is 10.0. The summed E-state index contributed by atoms with van der Waals surface area (Å²) in [7, 11) is 1.10. The summed E-state index contributed by atoms with van der Waals surface area (Å²) >= 11 is 0. The van der Waals surface area contributed by atoms with E-state index in [0.29, 0.717) is 0 Å². The predicted octanol–water partition coefficient (Wildman–Crippen LogP) is 1.83. The van der Waals surface area contributed by atoms with E-state index in [4.69, 9.17) is 5.41 Å². The van der Waals surface area contributed by atoms with Crippen molar-refractivity contribution in [3.8, 4) is 5.75 Å². The van der Waals surface area contributed by atoms with Crippen molar-refractivity contribution < 1.29 is 23.0 Å². The van der Waals surface area contributed by atoms with Crippen molar-refractivity contribution >= 4 is 11.7 Å². The van der Waals surface area contributed by atoms with E-state index >= 15 is 0 Å². The molecule has 0 atom stereocenters. The van der Waals surface area contributed by atoms with Crippen LogP contribution in [0.3, 0.4) is 0 Å². The SMILES string of the molecule is COC(=O)C(=N)c1ccccc1OC(F)F. The van der Waals surface area contributed by atoms with Crippen LogP contribution in [0.5, 0.6) is 5.75 Å². The summed E-state index contributed by atoms with van der Waals surface area (Å²) < 4.78 is 32.6. The molecule has 6 heteroatoms. The molecule has 4 nitrogen and oxygen atoms in total. The molecule has 0 unspecified atom stereocenters. The van der Waals surface area contributed by atoms with Crippen LogP contribution < -0.4 is 4.74 Å². The predicted molar refractivity (Wildman–Crippen MR) is 51.9 cm³/mol. The lowest BCUT2D eigenvalue weighted by molar-refractivity contribution is -0.132. The minimum absolute atomic E-state index is 0.0327. The average Bonchev–Trinajstić information content (AvgIpc) is 2.27. The van der Waals surface area contributed by atoms with Gasteiger partial charge in [0.05, 0.1) is 7.11 Å². The van der Waals surface area contributed by atoms with E-state index in [1.165, 1.54) is 24.3 Å². The maximum absolute atomic E-state index is 12.0. The number of nitrogens with one attached hydrogen (secondary N) is 1. The molecule has 0 spiro atoms. The molecule has 0 saturated carbocycles. The molecule has 0 aliphatic carbocycles. The summed E-state index contributed by atoms with van der Waals surface area (Å²) in [6.45, 7) is -3.01. The lowest BCUT2D eigenvalue weighted by atomic mass is 10.1. The molecular weight excluding hydrogens is 220 g/mol. The lowest BCUT2D eigenvalue weighted by Crippen LogP contribution is -2.17. The van der Waals surface area contributed by atoms with Crippen LogP contribution in [0.25, 0.3) is 0 Å². The van der Waals surface area contributed by atoms with Gasteiger partial charge in [0.25, 0.3) is 0 Å². The zero-order valence-electron chi connectivity index (χ0n) is 8.37. The summed E-state index contributed by atoms with van der Waals surface area (Å²) in [5.41, 5.74) is -0.562. The fourth-order valence-corrected chi connectivity index (χ4v) is 1.08. The van der Waals surface area contributed by atoms with Crippen molar-refractivity contribution in [3.63, 3.8) is 0 Å². The van der Waals surface area contributed by atoms with E-state index in [9.17, 15) is 13.6 Å². The number of esters is 1. The van der Waals surface area contributed by atoms with Crippen molar-refractivity contribution in [1.29, 1.82) is 5.41 Å². The molecule has 16 heavy (non-hydrogen) atoms. The fourth-order valence-electron chi connectivity index (χ4n) is 1.08. The van der Waals surface area contributed by atoms with Gasteiger partial charge in [0, 0.05) is 5.56 Å². The van der Waals surface area contributed by atoms with Crippen molar-refractivity contribution in [2.45, 2.75) is 6.61 Å². The van der Waals surface area contributed by atoms with Crippen LogP contribution in [0.15, 0.2) is 24.3 Å². The van der Waals surface area contributed by atoms with E-state index < -0.39 is 18.3 Å². The molecule has 0 amide bonds. The number of halogens is 2. The van der Waals surface area contributed by atoms with Crippen molar-refractivity contribution in [2.75, 3.05) is 7.11 Å². The maximum atomic E-state index is 12.0. The monoisotopic (exact) mass is 229 g/mol. The van der Waals surface area contributed by atoms with Crippen LogP contribution in [-0.4, -0.2) is 25.4 Å². The van der Waals surface area contributed by atoms with Gasteiger partial charge in [-0.3, -0.25) is 5.41 Å². The number of alkyl halides is 2. The van der Waals surface area contributed by atoms with E-state index in [0.717, 1.165) is 7.11 Å². The second-order valence-corrected chi connectivity index (χ2v) is 2.74. The van der Waals surface area contributed by atoms with E-state index in [-0.39, 0.29) is 11.3 Å². The van der Waals surface area contributed by atoms with Gasteiger partial charge in [-0.25, -0.2) is 4.79 Å². The zero-order chi connectivity index (χ0) is 12.1. The number of benzene rings is 1. The third-order valence-corrected chi connectivity index (χ3v) is 1.76. The smallest absolute Gasteiger partial charge is 0.387 e. The van der Waals surface area contributed by atoms with Gasteiger partial charge >= 0.3 is 12.6 Å². The van der Waals surface area contributed by atoms with Gasteiger partial charge in [-0.1, -0.05) is 12.1 Å². The summed E-state index contributed by atoms with van der Waals surface area (Å²) in [6, 6.07) is 5.55. The molecule has 1 N–H and O–H groups in total. The molecule has 0 aliphatic heterocycles. The third kappa shape index (κ3) is 2.75. The summed E-state index contributed by atoms with van der Waals surface area (Å²) in [4.78, 5) is 11.1. The largest absolute Gasteiger partial charge is 0.464 e. The summed E-state index contributed by atoms with van der Waals surface area (Å²) in [5.74, 6) is -1.14. The number of hydrogen-bond donors (Lipinski definition) is 1. The molecule has 0 fully saturated rings. The van der Waals surface area contributed by atoms with Gasteiger partial charge in [0.1, 0.15) is 5.75 Å². The third-order valence-electron chi connectivity index (χ3n) is 1.76. The number of hydrogen-bond acceptors (Lipinski definition) is 4. The highest BCUT2D eigenvalue weighted by Crippen LogP contribution is 2.20. The first kappa shape index (κ1) is 12.1. The van der Waals surface area contributed by atoms with Gasteiger partial charge < -0.3 is 9.47 Å². The minimum Gasteiger partial charge on any atom is -0.464 e. The zero-order valence-corrected chi connectivity index (χ0v) is 8.37. The van der Waals surface area contributed by atoms with Crippen LogP contribution >= 0.6 is 0 Å². The molecule has 0 bridgehead atoms. The van der Waals surface area contributed by atoms with Gasteiger partial charge in [0.15, 0.2) is 5.71 Å². The van der Waals surface area contributed by atoms with Crippen LogP contribution in [0, 0.1) is 5.41 Å². The first-order valence-electron chi connectivity index (χ1n) is 4.27. The number of carbonyl (C=O) groups excluding carboxylic acids is 1. The Morgan fingerprint density at radius 3 is 2.56 bits per heavy atom. The minimum atomic E-state index is -3.01. The second kappa shape index (κ2) is 5.20. The quantitative estimate of drug-likeness (QED) is 0.632. The van der Waals surface area contributed by atoms with Crippen LogP contribution in [0.1, 0.15) is 5.56 Å². The van der Waals surface area contributed by atoms with Gasteiger partial charge in [-0.2, -0.15) is 8.78 Å². The molecule has 0 saturated heterocycles. The first-order valence-corrected chi connectivity index (χ1v) is 4.27. The Kier molecular flexibility index (Phi) is 3.93. The van der Waals surface area contributed by atoms with Gasteiger partial charge in [-0.05, 0) is 12.1 Å². The van der Waals surface area contributed by atoms with Crippen LogP contribution in [-0.2, 0) is 9.53 Å². The molecule has 1 aromatic rings. The average molecular weight is 229 g/mol.